The second-order valence-electron chi connectivity index (χ2n) is 9.22. The number of nitrogens with two attached hydrogens (primary N) is 1. The van der Waals surface area contributed by atoms with Crippen molar-refractivity contribution in [1.82, 2.24) is 15.0 Å². The first kappa shape index (κ1) is 28.4. The van der Waals surface area contributed by atoms with Crippen LogP contribution in [0.5, 0.6) is 5.88 Å². The monoisotopic (exact) mass is 574 g/mol. The van der Waals surface area contributed by atoms with Gasteiger partial charge in [-0.15, -0.1) is 0 Å². The largest absolute Gasteiger partial charge is 0.475 e. The average molecular weight is 575 g/mol. The normalized spacial score (nSPS) is 12.7. The van der Waals surface area contributed by atoms with E-state index in [9.17, 15) is 18.3 Å². The Hall–Kier alpha value is -3.66. The van der Waals surface area contributed by atoms with Crippen molar-refractivity contribution in [2.24, 2.45) is 5.73 Å². The van der Waals surface area contributed by atoms with Gasteiger partial charge in [0.15, 0.2) is 5.82 Å². The van der Waals surface area contributed by atoms with Crippen molar-refractivity contribution >= 4 is 34.5 Å². The first-order chi connectivity index (χ1) is 18.3. The van der Waals surface area contributed by atoms with Crippen LogP contribution in [0.15, 0.2) is 72.9 Å². The number of aromatic nitrogens is 3. The fraction of sp³-hybridized carbons (Fsp3) is 0.179. The summed E-state index contributed by atoms with van der Waals surface area (Å²) in [6.45, 7) is 3.00. The van der Waals surface area contributed by atoms with E-state index in [1.165, 1.54) is 12.1 Å². The molecule has 0 spiro atoms. The summed E-state index contributed by atoms with van der Waals surface area (Å²) in [5, 5.41) is 11.1. The summed E-state index contributed by atoms with van der Waals surface area (Å²) in [7, 11) is 0. The molecule has 2 heterocycles. The molecule has 0 aliphatic heterocycles. The lowest BCUT2D eigenvalue weighted by Gasteiger charge is -2.19. The summed E-state index contributed by atoms with van der Waals surface area (Å²) >= 11 is 12.6. The fourth-order valence-electron chi connectivity index (χ4n) is 3.56. The molecule has 2 aromatic carbocycles. The van der Waals surface area contributed by atoms with Gasteiger partial charge in [-0.05, 0) is 49.7 Å². The third-order valence-electron chi connectivity index (χ3n) is 5.42. The highest BCUT2D eigenvalue weighted by atomic mass is 35.5. The van der Waals surface area contributed by atoms with Crippen molar-refractivity contribution in [3.05, 3.63) is 106 Å². The Morgan fingerprint density at radius 2 is 1.67 bits per heavy atom. The topological polar surface area (TPSA) is 94.2 Å². The maximum absolute atomic E-state index is 13.1. The molecular weight excluding hydrogens is 552 g/mol. The summed E-state index contributed by atoms with van der Waals surface area (Å²) in [5.41, 5.74) is 6.70. The van der Waals surface area contributed by atoms with Crippen LogP contribution < -0.4 is 10.5 Å². The zero-order valence-electron chi connectivity index (χ0n) is 20.8. The molecule has 11 heteroatoms. The number of pyridine rings is 1. The Balaban J connectivity index is 1.95. The minimum atomic E-state index is -4.59. The molecule has 39 heavy (non-hydrogen) atoms. The van der Waals surface area contributed by atoms with Crippen LogP contribution in [-0.2, 0) is 6.18 Å². The van der Waals surface area contributed by atoms with E-state index < -0.39 is 17.5 Å². The minimum Gasteiger partial charge on any atom is -0.475 e. The molecule has 202 valence electrons. The van der Waals surface area contributed by atoms with Crippen molar-refractivity contribution in [2.45, 2.75) is 25.6 Å². The van der Waals surface area contributed by atoms with Crippen LogP contribution in [0, 0.1) is 0 Å². The van der Waals surface area contributed by atoms with E-state index in [0.29, 0.717) is 26.7 Å². The highest BCUT2D eigenvalue weighted by molar-refractivity contribution is 6.32. The van der Waals surface area contributed by atoms with Gasteiger partial charge in [0.2, 0.25) is 5.88 Å². The molecule has 0 radical (unpaired) electrons. The molecule has 4 aromatic rings. The average Bonchev–Trinajstić information content (AvgIpc) is 2.88. The predicted octanol–water partition coefficient (Wildman–Crippen LogP) is 6.89. The van der Waals surface area contributed by atoms with Crippen molar-refractivity contribution in [2.75, 3.05) is 6.61 Å². The maximum Gasteiger partial charge on any atom is 0.433 e. The Morgan fingerprint density at radius 3 is 2.26 bits per heavy atom. The first-order valence-corrected chi connectivity index (χ1v) is 12.4. The number of alkyl halides is 3. The zero-order chi connectivity index (χ0) is 28.4. The lowest BCUT2D eigenvalue weighted by Crippen LogP contribution is -2.28. The van der Waals surface area contributed by atoms with E-state index in [1.807, 2.05) is 0 Å². The number of benzene rings is 2. The Kier molecular flexibility index (Phi) is 8.15. The predicted molar refractivity (Wildman–Crippen MR) is 145 cm³/mol. The van der Waals surface area contributed by atoms with Crippen LogP contribution >= 0.6 is 23.2 Å². The third-order valence-corrected chi connectivity index (χ3v) is 6.00. The molecule has 2 aromatic heterocycles. The zero-order valence-corrected chi connectivity index (χ0v) is 22.3. The van der Waals surface area contributed by atoms with Crippen LogP contribution in [-0.4, -0.2) is 32.3 Å². The van der Waals surface area contributed by atoms with Gasteiger partial charge in [-0.1, -0.05) is 53.5 Å². The van der Waals surface area contributed by atoms with Crippen LogP contribution in [0.3, 0.4) is 0 Å². The Bertz CT molecular complexity index is 1500. The van der Waals surface area contributed by atoms with Gasteiger partial charge in [-0.3, -0.25) is 4.98 Å². The molecule has 0 atom stereocenters. The molecule has 6 nitrogen and oxygen atoms in total. The number of rotatable bonds is 7. The van der Waals surface area contributed by atoms with Gasteiger partial charge in [-0.2, -0.15) is 18.2 Å². The molecular formula is C28H23Cl2F3N4O2. The Morgan fingerprint density at radius 1 is 0.974 bits per heavy atom. The number of hydrogen-bond acceptors (Lipinski definition) is 6. The SMILES string of the molecule is CC(C)(O)COc1cc(-c2ccc(C(F)(F)F)nc2)nc(C(=C(N)c2ccccc2Cl)c2ccc(Cl)cc2)n1. The van der Waals surface area contributed by atoms with Crippen molar-refractivity contribution in [1.29, 1.82) is 0 Å². The quantitative estimate of drug-likeness (QED) is 0.233. The van der Waals surface area contributed by atoms with Crippen molar-refractivity contribution in [3.63, 3.8) is 0 Å². The highest BCUT2D eigenvalue weighted by Crippen LogP contribution is 2.34. The standard InChI is InChI=1S/C28H23Cl2F3N4O2/c1-27(2,38)15-39-23-13-21(17-9-12-22(35-14-17)28(31,32)33)36-26(37-23)24(16-7-10-18(29)11-8-16)25(34)19-5-3-4-6-20(19)30/h3-14,38H,15,34H2,1-2H3. The lowest BCUT2D eigenvalue weighted by molar-refractivity contribution is -0.141. The molecule has 0 amide bonds. The minimum absolute atomic E-state index is 0.0652. The summed E-state index contributed by atoms with van der Waals surface area (Å²) < 4.78 is 45.0. The second kappa shape index (κ2) is 11.2. The molecule has 0 fully saturated rings. The van der Waals surface area contributed by atoms with E-state index in [-0.39, 0.29) is 35.3 Å². The van der Waals surface area contributed by atoms with Crippen molar-refractivity contribution in [3.8, 4) is 17.1 Å². The molecule has 3 N–H and O–H groups in total. The van der Waals surface area contributed by atoms with Crippen LogP contribution in [0.4, 0.5) is 13.2 Å². The van der Waals surface area contributed by atoms with Gasteiger partial charge in [0, 0.05) is 33.4 Å². The summed E-state index contributed by atoms with van der Waals surface area (Å²) in [4.78, 5) is 12.7. The van der Waals surface area contributed by atoms with Gasteiger partial charge < -0.3 is 15.6 Å². The molecule has 0 bridgehead atoms. The van der Waals surface area contributed by atoms with Crippen molar-refractivity contribution < 1.29 is 23.0 Å². The third kappa shape index (κ3) is 7.06. The van der Waals surface area contributed by atoms with E-state index in [2.05, 4.69) is 15.0 Å². The fourth-order valence-corrected chi connectivity index (χ4v) is 3.92. The van der Waals surface area contributed by atoms with Gasteiger partial charge in [-0.25, -0.2) is 4.98 Å². The molecule has 0 aliphatic carbocycles. The van der Waals surface area contributed by atoms with Gasteiger partial charge in [0.05, 0.1) is 22.6 Å². The summed E-state index contributed by atoms with van der Waals surface area (Å²) in [5.74, 6) is 0.174. The first-order valence-electron chi connectivity index (χ1n) is 11.6. The molecule has 4 rings (SSSR count). The van der Waals surface area contributed by atoms with E-state index >= 15 is 0 Å². The lowest BCUT2D eigenvalue weighted by atomic mass is 9.98. The van der Waals surface area contributed by atoms with E-state index in [0.717, 1.165) is 12.3 Å². The molecule has 0 saturated carbocycles. The molecule has 0 saturated heterocycles. The molecule has 0 aliphatic rings. The highest BCUT2D eigenvalue weighted by Gasteiger charge is 2.32. The van der Waals surface area contributed by atoms with Gasteiger partial charge >= 0.3 is 6.18 Å². The van der Waals surface area contributed by atoms with Gasteiger partial charge in [0.25, 0.3) is 0 Å². The second-order valence-corrected chi connectivity index (χ2v) is 10.1. The summed E-state index contributed by atoms with van der Waals surface area (Å²) in [6, 6.07) is 17.3. The van der Waals surface area contributed by atoms with E-state index in [4.69, 9.17) is 33.7 Å². The van der Waals surface area contributed by atoms with Crippen LogP contribution in [0.1, 0.15) is 36.5 Å². The number of hydrogen-bond donors (Lipinski definition) is 2. The smallest absolute Gasteiger partial charge is 0.433 e. The number of nitrogens with zero attached hydrogens (tertiary/aromatic N) is 3. The maximum atomic E-state index is 13.1. The number of ether oxygens (including phenoxy) is 1. The summed E-state index contributed by atoms with van der Waals surface area (Å²) in [6.07, 6.45) is -3.53. The van der Waals surface area contributed by atoms with Crippen LogP contribution in [0.2, 0.25) is 10.0 Å². The van der Waals surface area contributed by atoms with Gasteiger partial charge in [0.1, 0.15) is 12.3 Å². The Labute approximate surface area is 232 Å². The molecule has 0 unspecified atom stereocenters. The number of aliphatic hydroxyl groups is 1. The van der Waals surface area contributed by atoms with E-state index in [1.54, 1.807) is 62.4 Å². The number of halogens is 5. The van der Waals surface area contributed by atoms with Crippen LogP contribution in [0.25, 0.3) is 22.5 Å².